The molecule has 0 aromatic rings. The molecule has 0 unspecified atom stereocenters. The van der Waals surface area contributed by atoms with E-state index in [1.165, 1.54) is 6.08 Å². The second kappa shape index (κ2) is 6.69. The molecule has 5 heteroatoms. The van der Waals surface area contributed by atoms with E-state index >= 15 is 0 Å². The minimum Gasteiger partial charge on any atom is -0.444 e. The van der Waals surface area contributed by atoms with Gasteiger partial charge in [0, 0.05) is 19.2 Å². The Morgan fingerprint density at radius 1 is 1.31 bits per heavy atom. The van der Waals surface area contributed by atoms with Crippen LogP contribution in [0.5, 0.6) is 0 Å². The van der Waals surface area contributed by atoms with Gasteiger partial charge < -0.3 is 15.4 Å². The van der Waals surface area contributed by atoms with Crippen LogP contribution in [0.2, 0.25) is 0 Å². The highest BCUT2D eigenvalue weighted by Gasteiger charge is 2.15. The molecule has 0 heterocycles. The number of hydrogen-bond donors (Lipinski definition) is 2. The lowest BCUT2D eigenvalue weighted by Crippen LogP contribution is -2.37. The zero-order valence-electron chi connectivity index (χ0n) is 9.92. The fraction of sp³-hybridized carbons (Fsp3) is 0.545. The van der Waals surface area contributed by atoms with E-state index in [0.29, 0.717) is 13.1 Å². The predicted molar refractivity (Wildman–Crippen MR) is 61.0 cm³/mol. The Hall–Kier alpha value is -1.74. The van der Waals surface area contributed by atoms with Crippen molar-refractivity contribution >= 4 is 12.0 Å². The Balaban J connectivity index is 3.63. The molecule has 5 nitrogen and oxygen atoms in total. The topological polar surface area (TPSA) is 67.4 Å². The summed E-state index contributed by atoms with van der Waals surface area (Å²) in [4.78, 5) is 22.1. The van der Waals surface area contributed by atoms with Crippen molar-refractivity contribution < 1.29 is 14.3 Å². The quantitative estimate of drug-likeness (QED) is 0.426. The van der Waals surface area contributed by atoms with E-state index in [9.17, 15) is 9.59 Å². The molecule has 0 radical (unpaired) electrons. The van der Waals surface area contributed by atoms with Gasteiger partial charge in [0.15, 0.2) is 0 Å². The summed E-state index contributed by atoms with van der Waals surface area (Å²) in [6, 6.07) is 0. The lowest BCUT2D eigenvalue weighted by molar-refractivity contribution is -0.116. The van der Waals surface area contributed by atoms with Crippen LogP contribution >= 0.6 is 0 Å². The molecular formula is C11H18N2O3. The summed E-state index contributed by atoms with van der Waals surface area (Å²) in [5.41, 5.74) is 1.83. The third-order valence-electron chi connectivity index (χ3n) is 1.33. The third kappa shape index (κ3) is 8.84. The Bertz CT molecular complexity index is 299. The van der Waals surface area contributed by atoms with Gasteiger partial charge in [0.1, 0.15) is 5.60 Å². The van der Waals surface area contributed by atoms with Gasteiger partial charge in [-0.1, -0.05) is 6.58 Å². The number of hydrogen-bond acceptors (Lipinski definition) is 3. The molecule has 0 atom stereocenters. The number of nitrogens with one attached hydrogen (secondary N) is 2. The van der Waals surface area contributed by atoms with Crippen LogP contribution in [0.4, 0.5) is 4.79 Å². The highest BCUT2D eigenvalue weighted by atomic mass is 16.6. The standard InChI is InChI=1S/C11H18N2O3/c1-5-6-9(14)12-7-8-13-10(15)16-11(2,3)4/h6H,1,7-8H2,2-4H3,(H,12,14)(H,13,15). The van der Waals surface area contributed by atoms with Gasteiger partial charge in [0.05, 0.1) is 0 Å². The maximum absolute atomic E-state index is 11.2. The van der Waals surface area contributed by atoms with Gasteiger partial charge in [-0.05, 0) is 20.8 Å². The van der Waals surface area contributed by atoms with Crippen molar-refractivity contribution in [2.24, 2.45) is 0 Å². The van der Waals surface area contributed by atoms with Crippen molar-refractivity contribution in [2.75, 3.05) is 13.1 Å². The van der Waals surface area contributed by atoms with Gasteiger partial charge in [-0.25, -0.2) is 4.79 Å². The first-order chi connectivity index (χ1) is 7.35. The zero-order valence-corrected chi connectivity index (χ0v) is 9.92. The van der Waals surface area contributed by atoms with Gasteiger partial charge >= 0.3 is 6.09 Å². The molecule has 0 rings (SSSR count). The molecule has 2 amide bonds. The number of amides is 2. The molecular weight excluding hydrogens is 208 g/mol. The highest BCUT2D eigenvalue weighted by molar-refractivity contribution is 5.87. The normalized spacial score (nSPS) is 9.94. The molecule has 0 saturated carbocycles. The molecule has 16 heavy (non-hydrogen) atoms. The van der Waals surface area contributed by atoms with Crippen molar-refractivity contribution in [3.05, 3.63) is 18.4 Å². The van der Waals surface area contributed by atoms with Crippen LogP contribution < -0.4 is 10.6 Å². The SMILES string of the molecule is C=C=CC(=O)NCCNC(=O)OC(C)(C)C. The maximum Gasteiger partial charge on any atom is 0.407 e. The van der Waals surface area contributed by atoms with Gasteiger partial charge in [-0.15, -0.1) is 5.73 Å². The first-order valence-electron chi connectivity index (χ1n) is 4.95. The summed E-state index contributed by atoms with van der Waals surface area (Å²) in [7, 11) is 0. The van der Waals surface area contributed by atoms with E-state index in [0.717, 1.165) is 0 Å². The van der Waals surface area contributed by atoms with Crippen LogP contribution in [-0.4, -0.2) is 30.7 Å². The Kier molecular flexibility index (Phi) is 5.96. The molecule has 0 aliphatic heterocycles. The lowest BCUT2D eigenvalue weighted by atomic mass is 10.2. The Morgan fingerprint density at radius 2 is 1.88 bits per heavy atom. The smallest absolute Gasteiger partial charge is 0.407 e. The van der Waals surface area contributed by atoms with Crippen molar-refractivity contribution in [3.63, 3.8) is 0 Å². The fourth-order valence-electron chi connectivity index (χ4n) is 0.808. The van der Waals surface area contributed by atoms with Gasteiger partial charge in [-0.3, -0.25) is 4.79 Å². The van der Waals surface area contributed by atoms with E-state index in [-0.39, 0.29) is 5.91 Å². The first-order valence-corrected chi connectivity index (χ1v) is 4.95. The van der Waals surface area contributed by atoms with E-state index in [1.807, 2.05) is 0 Å². The number of carbonyl (C=O) groups excluding carboxylic acids is 2. The maximum atomic E-state index is 11.2. The fourth-order valence-corrected chi connectivity index (χ4v) is 0.808. The molecule has 0 aromatic heterocycles. The molecule has 0 aliphatic carbocycles. The van der Waals surface area contributed by atoms with Crippen LogP contribution in [0.3, 0.4) is 0 Å². The van der Waals surface area contributed by atoms with E-state index in [1.54, 1.807) is 20.8 Å². The monoisotopic (exact) mass is 226 g/mol. The van der Waals surface area contributed by atoms with Crippen molar-refractivity contribution in [1.29, 1.82) is 0 Å². The number of carbonyl (C=O) groups is 2. The van der Waals surface area contributed by atoms with E-state index < -0.39 is 11.7 Å². The summed E-state index contributed by atoms with van der Waals surface area (Å²) in [5, 5.41) is 5.05. The third-order valence-corrected chi connectivity index (χ3v) is 1.33. The summed E-state index contributed by atoms with van der Waals surface area (Å²) >= 11 is 0. The van der Waals surface area contributed by atoms with Gasteiger partial charge in [0.2, 0.25) is 0 Å². The van der Waals surface area contributed by atoms with Crippen LogP contribution in [0.25, 0.3) is 0 Å². The first kappa shape index (κ1) is 14.3. The zero-order chi connectivity index (χ0) is 12.6. The van der Waals surface area contributed by atoms with Crippen LogP contribution in [0.1, 0.15) is 20.8 Å². The van der Waals surface area contributed by atoms with Crippen LogP contribution in [-0.2, 0) is 9.53 Å². The van der Waals surface area contributed by atoms with Crippen molar-refractivity contribution in [3.8, 4) is 0 Å². The summed E-state index contributed by atoms with van der Waals surface area (Å²) in [6.45, 7) is 9.25. The molecule has 0 spiro atoms. The highest BCUT2D eigenvalue weighted by Crippen LogP contribution is 2.05. The summed E-state index contributed by atoms with van der Waals surface area (Å²) in [5.74, 6) is -0.291. The van der Waals surface area contributed by atoms with Gasteiger partial charge in [0.25, 0.3) is 5.91 Å². The lowest BCUT2D eigenvalue weighted by Gasteiger charge is -2.19. The molecule has 0 aliphatic rings. The number of ether oxygens (including phenoxy) is 1. The minimum absolute atomic E-state index is 0.291. The van der Waals surface area contributed by atoms with Crippen LogP contribution in [0.15, 0.2) is 18.4 Å². The molecule has 2 N–H and O–H groups in total. The van der Waals surface area contributed by atoms with Crippen molar-refractivity contribution in [2.45, 2.75) is 26.4 Å². The predicted octanol–water partition coefficient (Wildman–Crippen LogP) is 0.968. The Morgan fingerprint density at radius 3 is 2.38 bits per heavy atom. The number of alkyl carbamates (subject to hydrolysis) is 1. The summed E-state index contributed by atoms with van der Waals surface area (Å²) in [6.07, 6.45) is 0.689. The van der Waals surface area contributed by atoms with Crippen molar-refractivity contribution in [1.82, 2.24) is 10.6 Å². The van der Waals surface area contributed by atoms with Gasteiger partial charge in [-0.2, -0.15) is 0 Å². The minimum atomic E-state index is -0.515. The Labute approximate surface area is 95.5 Å². The van der Waals surface area contributed by atoms with Crippen LogP contribution in [0, 0.1) is 0 Å². The average Bonchev–Trinajstić information content (AvgIpc) is 2.10. The molecule has 0 bridgehead atoms. The molecule has 0 saturated heterocycles. The summed E-state index contributed by atoms with van der Waals surface area (Å²) < 4.78 is 5.00. The van der Waals surface area contributed by atoms with E-state index in [4.69, 9.17) is 4.74 Å². The average molecular weight is 226 g/mol. The number of rotatable bonds is 4. The molecule has 0 aromatic carbocycles. The largest absolute Gasteiger partial charge is 0.444 e. The molecule has 90 valence electrons. The second-order valence-electron chi connectivity index (χ2n) is 4.07. The second-order valence-corrected chi connectivity index (χ2v) is 4.07. The van der Waals surface area contributed by atoms with E-state index in [2.05, 4.69) is 22.9 Å². The molecule has 0 fully saturated rings.